The normalized spacial score (nSPS) is 12.1. The molecule has 0 aliphatic rings. The topological polar surface area (TPSA) is 53.6 Å². The maximum Gasteiger partial charge on any atom is 0.0991 e. The van der Waals surface area contributed by atoms with Crippen LogP contribution in [0.4, 0.5) is 0 Å². The summed E-state index contributed by atoms with van der Waals surface area (Å²) in [4.78, 5) is 0. The Hall–Kier alpha value is -1.64. The summed E-state index contributed by atoms with van der Waals surface area (Å²) in [5.41, 5.74) is 4.04. The average Bonchev–Trinajstić information content (AvgIpc) is 2.79. The van der Waals surface area contributed by atoms with Crippen molar-refractivity contribution in [1.82, 2.24) is 15.1 Å². The minimum Gasteiger partial charge on any atom is -0.305 e. The van der Waals surface area contributed by atoms with E-state index in [1.165, 1.54) is 5.56 Å². The second-order valence-corrected chi connectivity index (χ2v) is 5.79. The maximum atomic E-state index is 8.83. The fourth-order valence-corrected chi connectivity index (χ4v) is 2.68. The molecule has 1 unspecified atom stereocenters. The van der Waals surface area contributed by atoms with Crippen LogP contribution in [0.15, 0.2) is 28.7 Å². The van der Waals surface area contributed by atoms with Gasteiger partial charge in [0.2, 0.25) is 0 Å². The van der Waals surface area contributed by atoms with Gasteiger partial charge in [-0.2, -0.15) is 10.4 Å². The highest BCUT2D eigenvalue weighted by molar-refractivity contribution is 9.10. The molecule has 0 amide bonds. The number of hydrogen-bond acceptors (Lipinski definition) is 3. The second-order valence-electron chi connectivity index (χ2n) is 5.00. The van der Waals surface area contributed by atoms with Crippen LogP contribution >= 0.6 is 15.9 Å². The molecule has 0 saturated heterocycles. The first-order valence-electron chi connectivity index (χ1n) is 7.02. The third kappa shape index (κ3) is 3.52. The molecule has 0 saturated carbocycles. The Balaban J connectivity index is 2.07. The van der Waals surface area contributed by atoms with Gasteiger partial charge in [-0.1, -0.05) is 12.1 Å². The molecule has 0 radical (unpaired) electrons. The molecule has 0 aliphatic carbocycles. The first-order valence-corrected chi connectivity index (χ1v) is 7.81. The van der Waals surface area contributed by atoms with E-state index < -0.39 is 0 Å². The third-order valence-corrected chi connectivity index (χ3v) is 4.60. The molecule has 0 fully saturated rings. The summed E-state index contributed by atoms with van der Waals surface area (Å²) in [6, 6.07) is 10.0. The first kappa shape index (κ1) is 15.7. The highest BCUT2D eigenvalue weighted by Gasteiger charge is 2.13. The molecule has 1 aromatic carbocycles. The van der Waals surface area contributed by atoms with E-state index in [1.54, 1.807) is 0 Å². The number of nitrogens with zero attached hydrogens (tertiary/aromatic N) is 3. The van der Waals surface area contributed by atoms with Crippen molar-refractivity contribution in [2.45, 2.75) is 39.9 Å². The lowest BCUT2D eigenvalue weighted by Gasteiger charge is -2.15. The van der Waals surface area contributed by atoms with Gasteiger partial charge in [-0.25, -0.2) is 0 Å². The number of aryl methyl sites for hydroxylation is 2. The molecule has 1 atom stereocenters. The SMILES string of the molecule is CCn1nc(C)c(Br)c1CNC(C)c1ccc(C#N)cc1. The van der Waals surface area contributed by atoms with Crippen LogP contribution in [-0.4, -0.2) is 9.78 Å². The van der Waals surface area contributed by atoms with Gasteiger partial charge >= 0.3 is 0 Å². The van der Waals surface area contributed by atoms with Crippen molar-refractivity contribution in [3.05, 3.63) is 51.3 Å². The number of rotatable bonds is 5. The van der Waals surface area contributed by atoms with Gasteiger partial charge in [-0.3, -0.25) is 4.68 Å². The van der Waals surface area contributed by atoms with E-state index in [-0.39, 0.29) is 6.04 Å². The molecule has 0 bridgehead atoms. The van der Waals surface area contributed by atoms with E-state index in [0.717, 1.165) is 29.0 Å². The standard InChI is InChI=1S/C16H19BrN4/c1-4-21-15(16(17)12(3)20-21)10-19-11(2)14-7-5-13(9-18)6-8-14/h5-8,11,19H,4,10H2,1-3H3. The Bertz CT molecular complexity index is 652. The Morgan fingerprint density at radius 3 is 2.62 bits per heavy atom. The quantitative estimate of drug-likeness (QED) is 0.897. The van der Waals surface area contributed by atoms with Crippen LogP contribution in [0.3, 0.4) is 0 Å². The van der Waals surface area contributed by atoms with E-state index in [9.17, 15) is 0 Å². The van der Waals surface area contributed by atoms with Gasteiger partial charge in [0.1, 0.15) is 0 Å². The summed E-state index contributed by atoms with van der Waals surface area (Å²) >= 11 is 3.61. The first-order chi connectivity index (χ1) is 10.1. The Morgan fingerprint density at radius 2 is 2.05 bits per heavy atom. The molecule has 0 aliphatic heterocycles. The molecule has 0 spiro atoms. The van der Waals surface area contributed by atoms with Crippen molar-refractivity contribution in [3.8, 4) is 6.07 Å². The zero-order chi connectivity index (χ0) is 15.4. The molecule has 4 nitrogen and oxygen atoms in total. The van der Waals surface area contributed by atoms with Gasteiger partial charge in [0.15, 0.2) is 0 Å². The summed E-state index contributed by atoms with van der Waals surface area (Å²) in [5.74, 6) is 0. The predicted octanol–water partition coefficient (Wildman–Crippen LogP) is 3.70. The van der Waals surface area contributed by atoms with Crippen LogP contribution in [-0.2, 0) is 13.1 Å². The average molecular weight is 347 g/mol. The maximum absolute atomic E-state index is 8.83. The minimum absolute atomic E-state index is 0.213. The summed E-state index contributed by atoms with van der Waals surface area (Å²) < 4.78 is 3.08. The number of halogens is 1. The summed E-state index contributed by atoms with van der Waals surface area (Å²) in [7, 11) is 0. The largest absolute Gasteiger partial charge is 0.305 e. The number of aromatic nitrogens is 2. The van der Waals surface area contributed by atoms with Crippen molar-refractivity contribution in [1.29, 1.82) is 5.26 Å². The lowest BCUT2D eigenvalue weighted by molar-refractivity contribution is 0.530. The highest BCUT2D eigenvalue weighted by Crippen LogP contribution is 2.22. The number of nitrogens with one attached hydrogen (secondary N) is 1. The van der Waals surface area contributed by atoms with Crippen molar-refractivity contribution >= 4 is 15.9 Å². The molecule has 1 heterocycles. The van der Waals surface area contributed by atoms with Gasteiger partial charge in [0.25, 0.3) is 0 Å². The zero-order valence-electron chi connectivity index (χ0n) is 12.5. The molecule has 1 N–H and O–H groups in total. The fourth-order valence-electron chi connectivity index (χ4n) is 2.25. The fraction of sp³-hybridized carbons (Fsp3) is 0.375. The highest BCUT2D eigenvalue weighted by atomic mass is 79.9. The Labute approximate surface area is 133 Å². The smallest absolute Gasteiger partial charge is 0.0991 e. The van der Waals surface area contributed by atoms with Crippen molar-refractivity contribution in [2.75, 3.05) is 0 Å². The molecule has 1 aromatic heterocycles. The van der Waals surface area contributed by atoms with Crippen LogP contribution in [0.1, 0.15) is 42.4 Å². The third-order valence-electron chi connectivity index (χ3n) is 3.57. The molecule has 2 aromatic rings. The van der Waals surface area contributed by atoms with Crippen LogP contribution in [0.25, 0.3) is 0 Å². The lowest BCUT2D eigenvalue weighted by atomic mass is 10.1. The molecule has 21 heavy (non-hydrogen) atoms. The van der Waals surface area contributed by atoms with Crippen molar-refractivity contribution in [3.63, 3.8) is 0 Å². The van der Waals surface area contributed by atoms with E-state index >= 15 is 0 Å². The number of nitriles is 1. The van der Waals surface area contributed by atoms with Crippen LogP contribution in [0.5, 0.6) is 0 Å². The number of benzene rings is 1. The summed E-state index contributed by atoms with van der Waals surface area (Å²) in [6.07, 6.45) is 0. The van der Waals surface area contributed by atoms with Crippen molar-refractivity contribution in [2.24, 2.45) is 0 Å². The minimum atomic E-state index is 0.213. The van der Waals surface area contributed by atoms with Crippen LogP contribution < -0.4 is 5.32 Å². The molecular weight excluding hydrogens is 328 g/mol. The predicted molar refractivity (Wildman–Crippen MR) is 86.7 cm³/mol. The van der Waals surface area contributed by atoms with E-state index in [4.69, 9.17) is 5.26 Å². The molecular formula is C16H19BrN4. The lowest BCUT2D eigenvalue weighted by Crippen LogP contribution is -2.20. The van der Waals surface area contributed by atoms with Gasteiger partial charge in [-0.15, -0.1) is 0 Å². The zero-order valence-corrected chi connectivity index (χ0v) is 14.1. The number of hydrogen-bond donors (Lipinski definition) is 1. The molecule has 2 rings (SSSR count). The Kier molecular flexibility index (Phi) is 5.16. The van der Waals surface area contributed by atoms with Gasteiger partial charge in [0.05, 0.1) is 27.5 Å². The van der Waals surface area contributed by atoms with Crippen LogP contribution in [0.2, 0.25) is 0 Å². The van der Waals surface area contributed by atoms with Gasteiger partial charge in [0, 0.05) is 19.1 Å². The van der Waals surface area contributed by atoms with E-state index in [1.807, 2.05) is 35.9 Å². The molecule has 110 valence electrons. The Morgan fingerprint density at radius 1 is 1.38 bits per heavy atom. The second kappa shape index (κ2) is 6.88. The summed E-state index contributed by atoms with van der Waals surface area (Å²) in [5, 5.41) is 16.8. The van der Waals surface area contributed by atoms with E-state index in [2.05, 4.69) is 46.3 Å². The molecule has 5 heteroatoms. The van der Waals surface area contributed by atoms with Crippen molar-refractivity contribution < 1.29 is 0 Å². The van der Waals surface area contributed by atoms with Crippen LogP contribution in [0, 0.1) is 18.3 Å². The van der Waals surface area contributed by atoms with Gasteiger partial charge in [-0.05, 0) is 54.4 Å². The summed E-state index contributed by atoms with van der Waals surface area (Å²) in [6.45, 7) is 7.82. The monoisotopic (exact) mass is 346 g/mol. The van der Waals surface area contributed by atoms with Gasteiger partial charge < -0.3 is 5.32 Å². The van der Waals surface area contributed by atoms with E-state index in [0.29, 0.717) is 5.56 Å².